The van der Waals surface area contributed by atoms with Crippen molar-refractivity contribution in [2.45, 2.75) is 309 Å². The fourth-order valence-electron chi connectivity index (χ4n) is 9.16. The summed E-state index contributed by atoms with van der Waals surface area (Å²) in [6, 6.07) is 0. The van der Waals surface area contributed by atoms with Crippen molar-refractivity contribution in [1.29, 1.82) is 0 Å². The first-order chi connectivity index (χ1) is 40.0. The molecular formula is C75H124O6. The predicted molar refractivity (Wildman–Crippen MR) is 353 cm³/mol. The van der Waals surface area contributed by atoms with Crippen LogP contribution < -0.4 is 0 Å². The van der Waals surface area contributed by atoms with E-state index in [1.807, 2.05) is 6.08 Å². The molecule has 0 aliphatic carbocycles. The van der Waals surface area contributed by atoms with Gasteiger partial charge in [0.25, 0.3) is 0 Å². The zero-order valence-corrected chi connectivity index (χ0v) is 52.8. The first kappa shape index (κ1) is 76.5. The van der Waals surface area contributed by atoms with Crippen molar-refractivity contribution in [2.24, 2.45) is 0 Å². The standard InChI is InChI=1S/C75H124O6/c1-4-7-10-13-16-19-22-25-28-31-34-36-37-39-41-44-47-50-53-56-59-62-65-68-74(77)80-71-72(70-79-73(76)67-64-61-58-55-52-49-46-43-40-33-30-27-24-21-18-15-12-9-6-3)81-75(78)69-66-63-60-57-54-51-48-45-42-38-35-32-29-26-23-20-17-14-11-8-5-2/h8-9,11-12,17-18,20-21,26-27,29-31,34-35,38,40,43,49,52,58,61,72H,4-7,10,13-16,19,22-25,28,32-33,36-37,39,41-42,44-48,50-51,53-57,59-60,62-71H2,1-3H3/b11-8-,12-9-,20-17-,21-18-,29-26-,30-27-,34-31-,38-35-,43-40-,52-49-,61-58-. The summed E-state index contributed by atoms with van der Waals surface area (Å²) in [6.45, 7) is 6.37. The van der Waals surface area contributed by atoms with Gasteiger partial charge in [0.15, 0.2) is 6.10 Å². The average Bonchev–Trinajstić information content (AvgIpc) is 3.47. The number of carbonyl (C=O) groups is 3. The van der Waals surface area contributed by atoms with E-state index >= 15 is 0 Å². The normalized spacial score (nSPS) is 13.0. The fraction of sp³-hybridized carbons (Fsp3) is 0.667. The van der Waals surface area contributed by atoms with Crippen molar-refractivity contribution in [2.75, 3.05) is 13.2 Å². The van der Waals surface area contributed by atoms with Crippen LogP contribution in [0.25, 0.3) is 0 Å². The molecule has 6 heteroatoms. The summed E-state index contributed by atoms with van der Waals surface area (Å²) in [6.07, 6.45) is 96.2. The summed E-state index contributed by atoms with van der Waals surface area (Å²) in [4.78, 5) is 38.4. The molecule has 0 aliphatic rings. The molecule has 0 aliphatic heterocycles. The van der Waals surface area contributed by atoms with Gasteiger partial charge in [-0.15, -0.1) is 0 Å². The molecule has 460 valence electrons. The summed E-state index contributed by atoms with van der Waals surface area (Å²) in [7, 11) is 0. The number of esters is 3. The minimum atomic E-state index is -0.820. The summed E-state index contributed by atoms with van der Waals surface area (Å²) in [5.41, 5.74) is 0. The molecule has 0 heterocycles. The molecule has 81 heavy (non-hydrogen) atoms. The minimum absolute atomic E-state index is 0.108. The zero-order valence-electron chi connectivity index (χ0n) is 52.8. The van der Waals surface area contributed by atoms with Crippen LogP contribution in [-0.2, 0) is 28.6 Å². The highest BCUT2D eigenvalue weighted by Crippen LogP contribution is 2.16. The van der Waals surface area contributed by atoms with Crippen LogP contribution >= 0.6 is 0 Å². The van der Waals surface area contributed by atoms with Gasteiger partial charge < -0.3 is 14.2 Å². The van der Waals surface area contributed by atoms with Gasteiger partial charge >= 0.3 is 17.9 Å². The van der Waals surface area contributed by atoms with Gasteiger partial charge in [-0.2, -0.15) is 0 Å². The third-order valence-corrected chi connectivity index (χ3v) is 14.1. The number of rotatable bonds is 60. The smallest absolute Gasteiger partial charge is 0.306 e. The second-order valence-electron chi connectivity index (χ2n) is 22.0. The van der Waals surface area contributed by atoms with E-state index in [-0.39, 0.29) is 37.5 Å². The van der Waals surface area contributed by atoms with E-state index in [0.717, 1.165) is 109 Å². The van der Waals surface area contributed by atoms with Gasteiger partial charge in [0.1, 0.15) is 13.2 Å². The van der Waals surface area contributed by atoms with E-state index in [9.17, 15) is 14.4 Å². The molecule has 0 aromatic rings. The molecule has 0 aromatic heterocycles. The Labute approximate surface area is 500 Å². The van der Waals surface area contributed by atoms with Crippen LogP contribution in [0.3, 0.4) is 0 Å². The van der Waals surface area contributed by atoms with Crippen LogP contribution in [0.1, 0.15) is 303 Å². The van der Waals surface area contributed by atoms with Crippen LogP contribution in [0.5, 0.6) is 0 Å². The largest absolute Gasteiger partial charge is 0.462 e. The Morgan fingerprint density at radius 1 is 0.259 bits per heavy atom. The first-order valence-corrected chi connectivity index (χ1v) is 33.7. The van der Waals surface area contributed by atoms with Gasteiger partial charge in [-0.05, 0) is 122 Å². The number of carbonyl (C=O) groups excluding carboxylic acids is 3. The Hall–Kier alpha value is -4.45. The number of ether oxygens (including phenoxy) is 3. The second-order valence-corrected chi connectivity index (χ2v) is 22.0. The lowest BCUT2D eigenvalue weighted by Gasteiger charge is -2.18. The van der Waals surface area contributed by atoms with Crippen LogP contribution in [0.4, 0.5) is 0 Å². The van der Waals surface area contributed by atoms with Crippen molar-refractivity contribution in [3.8, 4) is 0 Å². The lowest BCUT2D eigenvalue weighted by atomic mass is 10.0. The summed E-state index contributed by atoms with van der Waals surface area (Å²) in [5, 5.41) is 0. The van der Waals surface area contributed by atoms with E-state index in [4.69, 9.17) is 14.2 Å². The predicted octanol–water partition coefficient (Wildman–Crippen LogP) is 23.3. The maximum absolute atomic E-state index is 12.9. The Kier molecular flexibility index (Phi) is 64.3. The van der Waals surface area contributed by atoms with Gasteiger partial charge in [-0.25, -0.2) is 0 Å². The number of allylic oxidation sites excluding steroid dienone is 22. The van der Waals surface area contributed by atoms with Gasteiger partial charge in [0.2, 0.25) is 0 Å². The van der Waals surface area contributed by atoms with Crippen molar-refractivity contribution in [1.82, 2.24) is 0 Å². The Bertz CT molecular complexity index is 1720. The highest BCUT2D eigenvalue weighted by molar-refractivity contribution is 5.71. The van der Waals surface area contributed by atoms with Crippen LogP contribution in [0, 0.1) is 0 Å². The molecule has 0 N–H and O–H groups in total. The molecule has 0 spiro atoms. The van der Waals surface area contributed by atoms with Crippen LogP contribution in [0.15, 0.2) is 134 Å². The molecule has 0 fully saturated rings. The Morgan fingerprint density at radius 3 is 0.840 bits per heavy atom. The number of unbranched alkanes of at least 4 members (excludes halogenated alkanes) is 27. The molecule has 6 nitrogen and oxygen atoms in total. The second kappa shape index (κ2) is 68.1. The van der Waals surface area contributed by atoms with Crippen LogP contribution in [0.2, 0.25) is 0 Å². The SMILES string of the molecule is CC/C=C\C/C=C\C/C=C\C/C=C\C/C=C\C/C=C\CCC(=O)OCC(COC(=O)CCCCCCCCCCCCC/C=C\CCCCCCCCCC)OC(=O)CCCCCCCCCC/C=C\C/C=C\C/C=C\C/C=C\CC. The van der Waals surface area contributed by atoms with E-state index in [1.54, 1.807) is 0 Å². The van der Waals surface area contributed by atoms with E-state index < -0.39 is 6.10 Å². The monoisotopic (exact) mass is 1120 g/mol. The molecule has 1 atom stereocenters. The maximum Gasteiger partial charge on any atom is 0.306 e. The van der Waals surface area contributed by atoms with Crippen molar-refractivity contribution >= 4 is 17.9 Å². The van der Waals surface area contributed by atoms with Crippen molar-refractivity contribution < 1.29 is 28.6 Å². The molecule has 0 radical (unpaired) electrons. The Morgan fingerprint density at radius 2 is 0.506 bits per heavy atom. The van der Waals surface area contributed by atoms with Gasteiger partial charge in [0.05, 0.1) is 0 Å². The lowest BCUT2D eigenvalue weighted by Crippen LogP contribution is -2.30. The van der Waals surface area contributed by atoms with Gasteiger partial charge in [-0.1, -0.05) is 296 Å². The summed E-state index contributed by atoms with van der Waals surface area (Å²) in [5.74, 6) is -0.999. The topological polar surface area (TPSA) is 78.9 Å². The van der Waals surface area contributed by atoms with Crippen LogP contribution in [-0.4, -0.2) is 37.2 Å². The van der Waals surface area contributed by atoms with Gasteiger partial charge in [0, 0.05) is 19.3 Å². The molecule has 0 aromatic carbocycles. The molecular weight excluding hydrogens is 997 g/mol. The third-order valence-electron chi connectivity index (χ3n) is 14.1. The summed E-state index contributed by atoms with van der Waals surface area (Å²) >= 11 is 0. The average molecular weight is 1120 g/mol. The highest BCUT2D eigenvalue weighted by Gasteiger charge is 2.19. The minimum Gasteiger partial charge on any atom is -0.462 e. The maximum atomic E-state index is 12.9. The number of hydrogen-bond donors (Lipinski definition) is 0. The fourth-order valence-corrected chi connectivity index (χ4v) is 9.16. The molecule has 0 bridgehead atoms. The Balaban J connectivity index is 4.48. The molecule has 0 saturated heterocycles. The number of hydrogen-bond acceptors (Lipinski definition) is 6. The molecule has 1 unspecified atom stereocenters. The quantitative estimate of drug-likeness (QED) is 0.0261. The third kappa shape index (κ3) is 66.2. The van der Waals surface area contributed by atoms with Crippen molar-refractivity contribution in [3.63, 3.8) is 0 Å². The first-order valence-electron chi connectivity index (χ1n) is 33.7. The van der Waals surface area contributed by atoms with E-state index in [1.165, 1.54) is 148 Å². The molecule has 0 amide bonds. The highest BCUT2D eigenvalue weighted by atomic mass is 16.6. The van der Waals surface area contributed by atoms with E-state index in [0.29, 0.717) is 19.3 Å². The van der Waals surface area contributed by atoms with E-state index in [2.05, 4.69) is 148 Å². The summed E-state index contributed by atoms with van der Waals surface area (Å²) < 4.78 is 16.9. The van der Waals surface area contributed by atoms with Crippen molar-refractivity contribution in [3.05, 3.63) is 134 Å². The zero-order chi connectivity index (χ0) is 58.5. The molecule has 0 saturated carbocycles. The lowest BCUT2D eigenvalue weighted by molar-refractivity contribution is -0.166. The van der Waals surface area contributed by atoms with Gasteiger partial charge in [-0.3, -0.25) is 14.4 Å². The molecule has 0 rings (SSSR count).